The maximum atomic E-state index is 14.7. The highest BCUT2D eigenvalue weighted by atomic mass is 32.1. The lowest BCUT2D eigenvalue weighted by Crippen LogP contribution is -2.56. The number of carbonyl (C=O) groups excluding carboxylic acids is 2. The molecule has 0 saturated carbocycles. The first-order valence-electron chi connectivity index (χ1n) is 12.7. The Balaban J connectivity index is 1.56. The highest BCUT2D eigenvalue weighted by molar-refractivity contribution is 7.11. The van der Waals surface area contributed by atoms with E-state index in [4.69, 9.17) is 14.5 Å². The van der Waals surface area contributed by atoms with Crippen LogP contribution < -0.4 is 5.32 Å². The van der Waals surface area contributed by atoms with Gasteiger partial charge in [0.2, 0.25) is 5.91 Å². The average Bonchev–Trinajstić information content (AvgIpc) is 3.52. The van der Waals surface area contributed by atoms with Gasteiger partial charge in [0.15, 0.2) is 10.8 Å². The number of amides is 1. The summed E-state index contributed by atoms with van der Waals surface area (Å²) in [7, 11) is 3.46. The number of nitrogens with one attached hydrogen (secondary N) is 1. The van der Waals surface area contributed by atoms with E-state index in [1.165, 1.54) is 17.4 Å². The number of piperidine rings is 1. The minimum absolute atomic E-state index is 0.105. The third-order valence-corrected chi connectivity index (χ3v) is 8.47. The highest BCUT2D eigenvalue weighted by Crippen LogP contribution is 2.39. The van der Waals surface area contributed by atoms with Crippen molar-refractivity contribution in [2.75, 3.05) is 46.9 Å². The molecule has 3 atom stereocenters. The number of likely N-dealkylation sites (N-methyl/N-ethyl adjacent to an activating group) is 1. The third-order valence-electron chi connectivity index (χ3n) is 7.69. The van der Waals surface area contributed by atoms with E-state index in [0.29, 0.717) is 65.8 Å². The molecule has 1 N–H and O–H groups in total. The second-order valence-corrected chi connectivity index (χ2v) is 10.8. The van der Waals surface area contributed by atoms with Crippen molar-refractivity contribution < 1.29 is 23.5 Å². The van der Waals surface area contributed by atoms with E-state index in [0.717, 1.165) is 0 Å². The number of rotatable bonds is 7. The number of carbonyl (C=O) groups is 2. The van der Waals surface area contributed by atoms with Crippen molar-refractivity contribution in [3.05, 3.63) is 63.0 Å². The molecule has 4 heterocycles. The molecule has 9 nitrogen and oxygen atoms in total. The molecule has 5 rings (SSSR count). The molecule has 1 aromatic carbocycles. The Morgan fingerprint density at radius 3 is 2.87 bits per heavy atom. The number of likely N-dealkylation sites (tertiary alicyclic amines) is 2. The second kappa shape index (κ2) is 10.5. The number of hydrogen-bond acceptors (Lipinski definition) is 9. The number of ether oxygens (including phenoxy) is 2. The third kappa shape index (κ3) is 4.63. The van der Waals surface area contributed by atoms with Crippen LogP contribution in [0, 0.1) is 18.7 Å². The fourth-order valence-corrected chi connectivity index (χ4v) is 6.38. The van der Waals surface area contributed by atoms with Gasteiger partial charge in [-0.3, -0.25) is 14.7 Å². The van der Waals surface area contributed by atoms with Crippen LogP contribution >= 0.6 is 11.3 Å². The maximum Gasteiger partial charge on any atom is 0.338 e. The molecule has 1 aromatic heterocycles. The molecular formula is C27H32FN5O4S. The summed E-state index contributed by atoms with van der Waals surface area (Å²) >= 11 is 1.42. The van der Waals surface area contributed by atoms with Crippen LogP contribution in [-0.2, 0) is 19.1 Å². The summed E-state index contributed by atoms with van der Waals surface area (Å²) in [6.45, 7) is 5.70. The van der Waals surface area contributed by atoms with Crippen LogP contribution in [0.2, 0.25) is 0 Å². The molecule has 202 valence electrons. The van der Waals surface area contributed by atoms with Gasteiger partial charge >= 0.3 is 5.97 Å². The van der Waals surface area contributed by atoms with Gasteiger partial charge in [0.1, 0.15) is 17.5 Å². The van der Waals surface area contributed by atoms with Gasteiger partial charge in [0.05, 0.1) is 24.6 Å². The second-order valence-electron chi connectivity index (χ2n) is 9.92. The summed E-state index contributed by atoms with van der Waals surface area (Å²) in [6.07, 6.45) is 2.34. The van der Waals surface area contributed by atoms with Crippen LogP contribution in [0.4, 0.5) is 4.39 Å². The average molecular weight is 542 g/mol. The number of benzene rings is 1. The van der Waals surface area contributed by atoms with Crippen molar-refractivity contribution in [2.24, 2.45) is 10.9 Å². The van der Waals surface area contributed by atoms with Crippen molar-refractivity contribution in [3.63, 3.8) is 0 Å². The molecule has 3 aliphatic heterocycles. The van der Waals surface area contributed by atoms with Gasteiger partial charge in [0, 0.05) is 44.5 Å². The fraction of sp³-hybridized carbons (Fsp3) is 0.481. The molecule has 0 unspecified atom stereocenters. The molecule has 38 heavy (non-hydrogen) atoms. The predicted octanol–water partition coefficient (Wildman–Crippen LogP) is 2.68. The van der Waals surface area contributed by atoms with E-state index < -0.39 is 17.6 Å². The minimum atomic E-state index is -0.770. The largest absolute Gasteiger partial charge is 0.463 e. The number of aliphatic imine (C=N–C) groups is 1. The summed E-state index contributed by atoms with van der Waals surface area (Å²) in [5.41, 5.74) is 1.37. The lowest BCUT2D eigenvalue weighted by Gasteiger charge is -2.42. The van der Waals surface area contributed by atoms with Crippen LogP contribution in [0.5, 0.6) is 0 Å². The Bertz CT molecular complexity index is 1300. The monoisotopic (exact) mass is 541 g/mol. The molecule has 0 aliphatic carbocycles. The van der Waals surface area contributed by atoms with E-state index in [-0.39, 0.29) is 24.2 Å². The highest BCUT2D eigenvalue weighted by Gasteiger charge is 2.54. The molecule has 3 aliphatic rings. The van der Waals surface area contributed by atoms with Crippen molar-refractivity contribution in [1.29, 1.82) is 0 Å². The zero-order valence-electron chi connectivity index (χ0n) is 22.0. The maximum absolute atomic E-state index is 14.7. The molecule has 2 aromatic rings. The topological polar surface area (TPSA) is 96.4 Å². The van der Waals surface area contributed by atoms with Gasteiger partial charge < -0.3 is 19.7 Å². The number of methoxy groups -OCH3 is 1. The predicted molar refractivity (Wildman–Crippen MR) is 141 cm³/mol. The van der Waals surface area contributed by atoms with E-state index in [1.807, 2.05) is 5.38 Å². The summed E-state index contributed by atoms with van der Waals surface area (Å²) in [5.74, 6) is -0.437. The Labute approximate surface area is 225 Å². The van der Waals surface area contributed by atoms with Crippen LogP contribution in [0.3, 0.4) is 0 Å². The Morgan fingerprint density at radius 1 is 1.34 bits per heavy atom. The Hall–Kier alpha value is -3.15. The lowest BCUT2D eigenvalue weighted by atomic mass is 9.83. The number of esters is 1. The number of thiazole rings is 1. The SMILES string of the molecule is CCOC(=O)C1=C(CN2CC[C@@H]3C(=O)N(C)C[C@]3(OC)C2)NC(c2nccs2)=N[C@H]1c1cccc(F)c1C. The normalized spacial score (nSPS) is 25.8. The number of halogens is 1. The zero-order valence-corrected chi connectivity index (χ0v) is 22.8. The van der Waals surface area contributed by atoms with Crippen LogP contribution in [-0.4, -0.2) is 85.0 Å². The van der Waals surface area contributed by atoms with E-state index in [9.17, 15) is 14.0 Å². The molecule has 2 saturated heterocycles. The number of nitrogens with zero attached hydrogens (tertiary/aromatic N) is 4. The van der Waals surface area contributed by atoms with Gasteiger partial charge in [-0.2, -0.15) is 0 Å². The van der Waals surface area contributed by atoms with Gasteiger partial charge in [-0.1, -0.05) is 12.1 Å². The minimum Gasteiger partial charge on any atom is -0.463 e. The molecule has 2 fully saturated rings. The van der Waals surface area contributed by atoms with Crippen molar-refractivity contribution in [1.82, 2.24) is 20.1 Å². The van der Waals surface area contributed by atoms with Gasteiger partial charge in [-0.05, 0) is 44.0 Å². The molecule has 11 heteroatoms. The van der Waals surface area contributed by atoms with Crippen molar-refractivity contribution in [3.8, 4) is 0 Å². The summed E-state index contributed by atoms with van der Waals surface area (Å²) in [4.78, 5) is 39.4. The van der Waals surface area contributed by atoms with Crippen LogP contribution in [0.15, 0.2) is 46.0 Å². The molecular weight excluding hydrogens is 509 g/mol. The number of aromatic nitrogens is 1. The fourth-order valence-electron chi connectivity index (χ4n) is 5.79. The smallest absolute Gasteiger partial charge is 0.338 e. The zero-order chi connectivity index (χ0) is 27.0. The Morgan fingerprint density at radius 2 is 2.16 bits per heavy atom. The van der Waals surface area contributed by atoms with Crippen molar-refractivity contribution in [2.45, 2.75) is 31.9 Å². The molecule has 1 amide bonds. The number of amidine groups is 1. The molecule has 0 bridgehead atoms. The summed E-state index contributed by atoms with van der Waals surface area (Å²) < 4.78 is 26.1. The van der Waals surface area contributed by atoms with E-state index >= 15 is 0 Å². The van der Waals surface area contributed by atoms with E-state index in [2.05, 4.69) is 15.2 Å². The Kier molecular flexibility index (Phi) is 7.34. The number of hydrogen-bond donors (Lipinski definition) is 1. The first kappa shape index (κ1) is 26.5. The van der Waals surface area contributed by atoms with Gasteiger partial charge in [0.25, 0.3) is 0 Å². The standard InChI is InChI=1S/C27H32FN5O4S/c1-5-37-26(35)21-20(13-33-11-9-18-25(34)32(3)14-27(18,15-33)36-4)30-23(24-29-10-12-38-24)31-22(21)17-7-6-8-19(28)16(17)2/h6-8,10,12,18,22H,5,9,11,13-15H2,1-4H3,(H,30,31)/t18-,22+,27+/m1/s1. The first-order chi connectivity index (χ1) is 18.3. The van der Waals surface area contributed by atoms with Gasteiger partial charge in [-0.25, -0.2) is 14.2 Å². The van der Waals surface area contributed by atoms with Crippen LogP contribution in [0.25, 0.3) is 0 Å². The number of fused-ring (bicyclic) bond motifs is 1. The molecule has 0 radical (unpaired) electrons. The van der Waals surface area contributed by atoms with Crippen molar-refractivity contribution >= 4 is 29.0 Å². The molecule has 0 spiro atoms. The summed E-state index contributed by atoms with van der Waals surface area (Å²) in [5, 5.41) is 5.88. The van der Waals surface area contributed by atoms with Crippen LogP contribution in [0.1, 0.15) is 35.5 Å². The van der Waals surface area contributed by atoms with Gasteiger partial charge in [-0.15, -0.1) is 11.3 Å². The van der Waals surface area contributed by atoms with E-state index in [1.54, 1.807) is 51.2 Å². The lowest BCUT2D eigenvalue weighted by molar-refractivity contribution is -0.139. The quantitative estimate of drug-likeness (QED) is 0.539. The summed E-state index contributed by atoms with van der Waals surface area (Å²) in [6, 6.07) is 4.04. The first-order valence-corrected chi connectivity index (χ1v) is 13.6.